The van der Waals surface area contributed by atoms with E-state index in [2.05, 4.69) is 10.2 Å². The van der Waals surface area contributed by atoms with E-state index in [-0.39, 0.29) is 0 Å². The van der Waals surface area contributed by atoms with Gasteiger partial charge in [-0.25, -0.2) is 0 Å². The Labute approximate surface area is 98.4 Å². The summed E-state index contributed by atoms with van der Waals surface area (Å²) in [5.41, 5.74) is 8.33. The largest absolute Gasteiger partial charge is 0.495 e. The summed E-state index contributed by atoms with van der Waals surface area (Å²) in [6.45, 7) is 1.94. The second-order valence-electron chi connectivity index (χ2n) is 3.47. The molecule has 0 spiro atoms. The van der Waals surface area contributed by atoms with Crippen molar-refractivity contribution in [3.05, 3.63) is 28.9 Å². The van der Waals surface area contributed by atoms with E-state index in [4.69, 9.17) is 22.1 Å². The lowest BCUT2D eigenvalue weighted by Crippen LogP contribution is -1.92. The molecule has 1 aromatic heterocycles. The van der Waals surface area contributed by atoms with Crippen LogP contribution in [0.4, 0.5) is 5.82 Å². The van der Waals surface area contributed by atoms with E-state index in [1.165, 1.54) is 0 Å². The third-order valence-electron chi connectivity index (χ3n) is 2.46. The molecule has 16 heavy (non-hydrogen) atoms. The maximum Gasteiger partial charge on any atom is 0.140 e. The Morgan fingerprint density at radius 3 is 2.69 bits per heavy atom. The highest BCUT2D eigenvalue weighted by Gasteiger charge is 2.14. The first kappa shape index (κ1) is 10.8. The molecular formula is C11H12ClN3O. The summed E-state index contributed by atoms with van der Waals surface area (Å²) in [6.07, 6.45) is 1.64. The molecule has 0 aliphatic rings. The highest BCUT2D eigenvalue weighted by atomic mass is 35.5. The van der Waals surface area contributed by atoms with Gasteiger partial charge >= 0.3 is 0 Å². The second kappa shape index (κ2) is 4.06. The van der Waals surface area contributed by atoms with Gasteiger partial charge in [0.1, 0.15) is 11.6 Å². The van der Waals surface area contributed by atoms with Gasteiger partial charge in [0.05, 0.1) is 18.3 Å². The number of nitrogens with zero attached hydrogens (tertiary/aromatic N) is 1. The summed E-state index contributed by atoms with van der Waals surface area (Å²) in [5, 5.41) is 7.09. The standard InChI is InChI=1S/C11H12ClN3O/c1-6-3-4-7(9(12)10(6)16-2)8-5-14-15-11(8)13/h3-5H,1-2H3,(H3,13,14,15). The lowest BCUT2D eigenvalue weighted by atomic mass is 10.1. The van der Waals surface area contributed by atoms with Crippen molar-refractivity contribution >= 4 is 17.4 Å². The normalized spacial score (nSPS) is 10.4. The van der Waals surface area contributed by atoms with Crippen LogP contribution < -0.4 is 10.5 Å². The van der Waals surface area contributed by atoms with Crippen molar-refractivity contribution in [3.8, 4) is 16.9 Å². The third-order valence-corrected chi connectivity index (χ3v) is 2.83. The number of nitrogens with two attached hydrogens (primary N) is 1. The first-order valence-corrected chi connectivity index (χ1v) is 5.15. The number of nitrogens with one attached hydrogen (secondary N) is 1. The molecule has 1 aromatic carbocycles. The van der Waals surface area contributed by atoms with Crippen LogP contribution >= 0.6 is 11.6 Å². The van der Waals surface area contributed by atoms with E-state index < -0.39 is 0 Å². The molecule has 0 unspecified atom stereocenters. The van der Waals surface area contributed by atoms with Crippen molar-refractivity contribution in [3.63, 3.8) is 0 Å². The minimum absolute atomic E-state index is 0.493. The van der Waals surface area contributed by atoms with Gasteiger partial charge in [-0.3, -0.25) is 5.10 Å². The molecule has 4 nitrogen and oxygen atoms in total. The van der Waals surface area contributed by atoms with Gasteiger partial charge in [-0.2, -0.15) is 5.10 Å². The van der Waals surface area contributed by atoms with Gasteiger partial charge in [-0.1, -0.05) is 23.7 Å². The summed E-state index contributed by atoms with van der Waals surface area (Å²) in [5.74, 6) is 1.16. The number of hydrogen-bond acceptors (Lipinski definition) is 3. The summed E-state index contributed by atoms with van der Waals surface area (Å²) in [6, 6.07) is 3.84. The van der Waals surface area contributed by atoms with Crippen LogP contribution in [0.5, 0.6) is 5.75 Å². The topological polar surface area (TPSA) is 63.9 Å². The number of aromatic amines is 1. The van der Waals surface area contributed by atoms with Crippen molar-refractivity contribution in [2.24, 2.45) is 0 Å². The molecule has 5 heteroatoms. The maximum atomic E-state index is 6.26. The Bertz CT molecular complexity index is 522. The number of methoxy groups -OCH3 is 1. The fraction of sp³-hybridized carbons (Fsp3) is 0.182. The van der Waals surface area contributed by atoms with Crippen LogP contribution in [-0.4, -0.2) is 17.3 Å². The van der Waals surface area contributed by atoms with Crippen LogP contribution in [0.1, 0.15) is 5.56 Å². The maximum absolute atomic E-state index is 6.26. The van der Waals surface area contributed by atoms with Crippen LogP contribution in [0.3, 0.4) is 0 Å². The zero-order chi connectivity index (χ0) is 11.7. The summed E-state index contributed by atoms with van der Waals surface area (Å²) in [7, 11) is 1.59. The first-order chi connectivity index (χ1) is 7.65. The highest BCUT2D eigenvalue weighted by molar-refractivity contribution is 6.35. The molecule has 2 aromatic rings. The van der Waals surface area contributed by atoms with E-state index in [1.807, 2.05) is 19.1 Å². The number of H-pyrrole nitrogens is 1. The monoisotopic (exact) mass is 237 g/mol. The molecule has 2 rings (SSSR count). The number of aromatic nitrogens is 2. The molecule has 0 aliphatic heterocycles. The zero-order valence-corrected chi connectivity index (χ0v) is 9.80. The quantitative estimate of drug-likeness (QED) is 0.844. The minimum Gasteiger partial charge on any atom is -0.495 e. The number of halogens is 1. The fourth-order valence-corrected chi connectivity index (χ4v) is 2.01. The Morgan fingerprint density at radius 2 is 2.12 bits per heavy atom. The summed E-state index contributed by atoms with van der Waals surface area (Å²) < 4.78 is 5.25. The van der Waals surface area contributed by atoms with Crippen LogP contribution in [0.2, 0.25) is 5.02 Å². The minimum atomic E-state index is 0.493. The second-order valence-corrected chi connectivity index (χ2v) is 3.85. The molecule has 0 radical (unpaired) electrons. The number of aryl methyl sites for hydroxylation is 1. The number of rotatable bonds is 2. The lowest BCUT2D eigenvalue weighted by molar-refractivity contribution is 0.412. The number of benzene rings is 1. The predicted octanol–water partition coefficient (Wildman–Crippen LogP) is 2.63. The van der Waals surface area contributed by atoms with Crippen molar-refractivity contribution in [1.82, 2.24) is 10.2 Å². The van der Waals surface area contributed by atoms with Crippen molar-refractivity contribution in [1.29, 1.82) is 0 Å². The van der Waals surface area contributed by atoms with Gasteiger partial charge in [-0.15, -0.1) is 0 Å². The summed E-state index contributed by atoms with van der Waals surface area (Å²) in [4.78, 5) is 0. The van der Waals surface area contributed by atoms with Gasteiger partial charge in [-0.05, 0) is 12.5 Å². The van der Waals surface area contributed by atoms with E-state index >= 15 is 0 Å². The molecule has 0 aliphatic carbocycles. The lowest BCUT2D eigenvalue weighted by Gasteiger charge is -2.10. The smallest absolute Gasteiger partial charge is 0.140 e. The van der Waals surface area contributed by atoms with E-state index in [0.717, 1.165) is 16.7 Å². The first-order valence-electron chi connectivity index (χ1n) is 4.77. The highest BCUT2D eigenvalue weighted by Crippen LogP contribution is 2.38. The van der Waals surface area contributed by atoms with Gasteiger partial charge in [0.2, 0.25) is 0 Å². The van der Waals surface area contributed by atoms with Crippen LogP contribution in [0.25, 0.3) is 11.1 Å². The number of ether oxygens (including phenoxy) is 1. The number of anilines is 1. The van der Waals surface area contributed by atoms with Crippen LogP contribution in [-0.2, 0) is 0 Å². The number of nitrogen functional groups attached to an aromatic ring is 1. The van der Waals surface area contributed by atoms with Gasteiger partial charge in [0.15, 0.2) is 0 Å². The Hall–Kier alpha value is -1.68. The molecule has 0 fully saturated rings. The van der Waals surface area contributed by atoms with E-state index in [0.29, 0.717) is 16.6 Å². The van der Waals surface area contributed by atoms with Crippen LogP contribution in [0, 0.1) is 6.92 Å². The molecular weight excluding hydrogens is 226 g/mol. The summed E-state index contributed by atoms with van der Waals surface area (Å²) >= 11 is 6.26. The average molecular weight is 238 g/mol. The average Bonchev–Trinajstić information content (AvgIpc) is 2.66. The van der Waals surface area contributed by atoms with Gasteiger partial charge in [0.25, 0.3) is 0 Å². The van der Waals surface area contributed by atoms with E-state index in [9.17, 15) is 0 Å². The van der Waals surface area contributed by atoms with E-state index in [1.54, 1.807) is 13.3 Å². The molecule has 0 amide bonds. The third kappa shape index (κ3) is 1.61. The molecule has 0 bridgehead atoms. The molecule has 84 valence electrons. The molecule has 0 atom stereocenters. The van der Waals surface area contributed by atoms with Crippen molar-refractivity contribution < 1.29 is 4.74 Å². The molecule has 0 saturated carbocycles. The molecule has 0 saturated heterocycles. The SMILES string of the molecule is COc1c(C)ccc(-c2cn[nH]c2N)c1Cl. The molecule has 1 heterocycles. The van der Waals surface area contributed by atoms with Crippen LogP contribution in [0.15, 0.2) is 18.3 Å². The zero-order valence-electron chi connectivity index (χ0n) is 9.04. The van der Waals surface area contributed by atoms with Crippen molar-refractivity contribution in [2.75, 3.05) is 12.8 Å². The number of hydrogen-bond donors (Lipinski definition) is 2. The van der Waals surface area contributed by atoms with Gasteiger partial charge in [0, 0.05) is 11.1 Å². The Morgan fingerprint density at radius 1 is 1.38 bits per heavy atom. The fourth-order valence-electron chi connectivity index (χ4n) is 1.62. The predicted molar refractivity (Wildman–Crippen MR) is 64.7 cm³/mol. The van der Waals surface area contributed by atoms with Gasteiger partial charge < -0.3 is 10.5 Å². The van der Waals surface area contributed by atoms with Crippen molar-refractivity contribution in [2.45, 2.75) is 6.92 Å². The Balaban J connectivity index is 2.63. The Kier molecular flexibility index (Phi) is 2.75. The molecule has 3 N–H and O–H groups in total.